The van der Waals surface area contributed by atoms with Gasteiger partial charge in [-0.3, -0.25) is 0 Å². The van der Waals surface area contributed by atoms with Gasteiger partial charge in [0.25, 0.3) is 6.43 Å². The smallest absolute Gasteiger partial charge is 0.281 e. The zero-order valence-electron chi connectivity index (χ0n) is 6.40. The summed E-state index contributed by atoms with van der Waals surface area (Å²) in [4.78, 5) is 3.06. The molecule has 6 heteroatoms. The van der Waals surface area contributed by atoms with Crippen molar-refractivity contribution in [2.45, 2.75) is 13.0 Å². The molecule has 0 atom stereocenters. The minimum atomic E-state index is -2.81. The van der Waals surface area contributed by atoms with E-state index in [4.69, 9.17) is 5.73 Å². The van der Waals surface area contributed by atoms with Gasteiger partial charge in [-0.05, 0) is 27.6 Å². The molecule has 0 saturated carbocycles. The summed E-state index contributed by atoms with van der Waals surface area (Å²) in [6.45, 7) is -0.0141. The van der Waals surface area contributed by atoms with Crippen molar-refractivity contribution in [3.63, 3.8) is 0 Å². The van der Waals surface area contributed by atoms with E-state index in [0.29, 0.717) is 0 Å². The Morgan fingerprint density at radius 1 is 1.54 bits per heavy atom. The number of nitrogens with zero attached hydrogens (tertiary/aromatic N) is 1. The van der Waals surface area contributed by atoms with Crippen LogP contribution >= 0.6 is 15.9 Å². The van der Waals surface area contributed by atoms with Crippen LogP contribution in [0.2, 0.25) is 0 Å². The van der Waals surface area contributed by atoms with Crippen LogP contribution in [0.1, 0.15) is 17.7 Å². The van der Waals surface area contributed by atoms with E-state index in [-0.39, 0.29) is 16.6 Å². The predicted octanol–water partition coefficient (Wildman–Crippen LogP) is 2.38. The Morgan fingerprint density at radius 2 is 2.15 bits per heavy atom. The maximum atomic E-state index is 12.6. The maximum Gasteiger partial charge on any atom is 0.281 e. The van der Waals surface area contributed by atoms with Crippen LogP contribution in [0.4, 0.5) is 13.2 Å². The maximum absolute atomic E-state index is 12.6. The van der Waals surface area contributed by atoms with E-state index in [1.807, 2.05) is 0 Å². The molecular weight excluding hydrogens is 249 g/mol. The summed E-state index contributed by atoms with van der Waals surface area (Å²) in [6.07, 6.45) is -2.81. The molecule has 0 fully saturated rings. The third kappa shape index (κ3) is 2.19. The molecule has 0 aliphatic heterocycles. The monoisotopic (exact) mass is 254 g/mol. The number of nitrogens with two attached hydrogens (primary N) is 1. The van der Waals surface area contributed by atoms with Gasteiger partial charge in [0.2, 0.25) is 5.95 Å². The van der Waals surface area contributed by atoms with Gasteiger partial charge in [0.1, 0.15) is 5.69 Å². The van der Waals surface area contributed by atoms with Gasteiger partial charge in [-0.1, -0.05) is 0 Å². The number of pyridine rings is 1. The van der Waals surface area contributed by atoms with Crippen molar-refractivity contribution >= 4 is 15.9 Å². The Bertz CT molecular complexity index is 317. The number of alkyl halides is 2. The molecule has 1 aromatic rings. The van der Waals surface area contributed by atoms with Gasteiger partial charge in [-0.25, -0.2) is 13.8 Å². The first-order valence-electron chi connectivity index (χ1n) is 3.39. The molecule has 0 aromatic carbocycles. The largest absolute Gasteiger partial charge is 0.326 e. The zero-order chi connectivity index (χ0) is 10.0. The van der Waals surface area contributed by atoms with Crippen molar-refractivity contribution in [1.29, 1.82) is 0 Å². The van der Waals surface area contributed by atoms with Crippen LogP contribution in [0.3, 0.4) is 0 Å². The summed E-state index contributed by atoms with van der Waals surface area (Å²) >= 11 is 2.89. The molecule has 0 amide bonds. The first-order chi connectivity index (χ1) is 6.06. The molecule has 0 aliphatic rings. The Kier molecular flexibility index (Phi) is 3.27. The second kappa shape index (κ2) is 4.06. The molecule has 1 aromatic heterocycles. The van der Waals surface area contributed by atoms with Gasteiger partial charge >= 0.3 is 0 Å². The average Bonchev–Trinajstić information content (AvgIpc) is 2.08. The molecule has 2 N–H and O–H groups in total. The Balaban J connectivity index is 3.27. The van der Waals surface area contributed by atoms with Crippen molar-refractivity contribution in [1.82, 2.24) is 4.98 Å². The molecule has 0 bridgehead atoms. The highest BCUT2D eigenvalue weighted by atomic mass is 79.9. The van der Waals surface area contributed by atoms with E-state index in [1.165, 1.54) is 0 Å². The van der Waals surface area contributed by atoms with Gasteiger partial charge in [0, 0.05) is 11.0 Å². The Morgan fingerprint density at radius 3 is 2.62 bits per heavy atom. The van der Waals surface area contributed by atoms with Gasteiger partial charge < -0.3 is 5.73 Å². The minimum absolute atomic E-state index is 0.0141. The molecule has 0 radical (unpaired) electrons. The second-order valence-corrected chi connectivity index (χ2v) is 3.10. The van der Waals surface area contributed by atoms with Crippen LogP contribution in [0, 0.1) is 5.95 Å². The Hall–Kier alpha value is -0.620. The molecule has 0 spiro atoms. The topological polar surface area (TPSA) is 38.9 Å². The lowest BCUT2D eigenvalue weighted by Crippen LogP contribution is -2.04. The van der Waals surface area contributed by atoms with Crippen molar-refractivity contribution in [2.75, 3.05) is 0 Å². The molecule has 0 saturated heterocycles. The van der Waals surface area contributed by atoms with Crippen LogP contribution in [-0.4, -0.2) is 4.98 Å². The third-order valence-corrected chi connectivity index (χ3v) is 2.37. The van der Waals surface area contributed by atoms with E-state index in [2.05, 4.69) is 20.9 Å². The van der Waals surface area contributed by atoms with E-state index in [0.717, 1.165) is 6.07 Å². The first kappa shape index (κ1) is 10.5. The average molecular weight is 255 g/mol. The molecule has 2 nitrogen and oxygen atoms in total. The number of rotatable bonds is 2. The van der Waals surface area contributed by atoms with Crippen molar-refractivity contribution < 1.29 is 13.2 Å². The summed E-state index contributed by atoms with van der Waals surface area (Å²) in [5, 5.41) is 0. The summed E-state index contributed by atoms with van der Waals surface area (Å²) in [5.74, 6) is -0.945. The summed E-state index contributed by atoms with van der Waals surface area (Å²) in [6, 6.07) is 1.02. The Labute approximate surface area is 81.1 Å². The van der Waals surface area contributed by atoms with Crippen LogP contribution in [0.15, 0.2) is 10.5 Å². The molecule has 0 aliphatic carbocycles. The molecule has 13 heavy (non-hydrogen) atoms. The summed E-state index contributed by atoms with van der Waals surface area (Å²) < 4.78 is 37.2. The van der Waals surface area contributed by atoms with Gasteiger partial charge in [0.15, 0.2) is 0 Å². The van der Waals surface area contributed by atoms with Gasteiger partial charge in [0.05, 0.1) is 0 Å². The fraction of sp³-hybridized carbons (Fsp3) is 0.286. The van der Waals surface area contributed by atoms with E-state index < -0.39 is 18.1 Å². The van der Waals surface area contributed by atoms with Crippen molar-refractivity contribution in [2.24, 2.45) is 5.73 Å². The molecule has 72 valence electrons. The highest BCUT2D eigenvalue weighted by Gasteiger charge is 2.17. The predicted molar refractivity (Wildman–Crippen MR) is 44.7 cm³/mol. The molecular formula is C7H6BrF3N2. The van der Waals surface area contributed by atoms with Crippen LogP contribution in [-0.2, 0) is 6.54 Å². The fourth-order valence-corrected chi connectivity index (χ4v) is 1.40. The normalized spacial score (nSPS) is 10.9. The van der Waals surface area contributed by atoms with Crippen LogP contribution < -0.4 is 5.73 Å². The summed E-state index contributed by atoms with van der Waals surface area (Å²) in [5.41, 5.74) is 4.89. The minimum Gasteiger partial charge on any atom is -0.326 e. The zero-order valence-corrected chi connectivity index (χ0v) is 7.98. The number of aromatic nitrogens is 1. The fourth-order valence-electron chi connectivity index (χ4n) is 0.861. The van der Waals surface area contributed by atoms with Gasteiger partial charge in [-0.15, -0.1) is 0 Å². The standard InChI is InChI=1S/C7H6BrF3N2/c8-5-3(2-12)1-4(9)13-6(5)7(10)11/h1,7H,2,12H2. The highest BCUT2D eigenvalue weighted by molar-refractivity contribution is 9.10. The highest BCUT2D eigenvalue weighted by Crippen LogP contribution is 2.28. The number of hydrogen-bond donors (Lipinski definition) is 1. The lowest BCUT2D eigenvalue weighted by molar-refractivity contribution is 0.143. The summed E-state index contributed by atoms with van der Waals surface area (Å²) in [7, 11) is 0. The quantitative estimate of drug-likeness (QED) is 0.824. The van der Waals surface area contributed by atoms with E-state index >= 15 is 0 Å². The van der Waals surface area contributed by atoms with E-state index in [9.17, 15) is 13.2 Å². The lowest BCUT2D eigenvalue weighted by atomic mass is 10.2. The SMILES string of the molecule is NCc1cc(F)nc(C(F)F)c1Br. The number of halogens is 4. The van der Waals surface area contributed by atoms with Crippen molar-refractivity contribution in [3.8, 4) is 0 Å². The second-order valence-electron chi connectivity index (χ2n) is 2.31. The van der Waals surface area contributed by atoms with E-state index in [1.54, 1.807) is 0 Å². The van der Waals surface area contributed by atoms with Crippen LogP contribution in [0.5, 0.6) is 0 Å². The third-order valence-electron chi connectivity index (χ3n) is 1.45. The number of hydrogen-bond acceptors (Lipinski definition) is 2. The van der Waals surface area contributed by atoms with Gasteiger partial charge in [-0.2, -0.15) is 4.39 Å². The van der Waals surface area contributed by atoms with Crippen LogP contribution in [0.25, 0.3) is 0 Å². The molecule has 1 rings (SSSR count). The van der Waals surface area contributed by atoms with Crippen molar-refractivity contribution in [3.05, 3.63) is 27.7 Å². The molecule has 0 unspecified atom stereocenters. The molecule has 1 heterocycles. The first-order valence-corrected chi connectivity index (χ1v) is 4.18. The lowest BCUT2D eigenvalue weighted by Gasteiger charge is -2.06.